The Hall–Kier alpha value is -1.84. The van der Waals surface area contributed by atoms with Crippen LogP contribution in [-0.2, 0) is 14.9 Å². The molecule has 0 bridgehead atoms. The first-order valence-corrected chi connectivity index (χ1v) is 9.51. The fourth-order valence-electron chi connectivity index (χ4n) is 2.29. The van der Waals surface area contributed by atoms with E-state index in [1.165, 1.54) is 0 Å². The first-order chi connectivity index (χ1) is 12.0. The van der Waals surface area contributed by atoms with Gasteiger partial charge in [-0.15, -0.1) is 0 Å². The molecule has 0 heterocycles. The molecule has 1 aromatic rings. The molecule has 0 aliphatic carbocycles. The number of hydrogen-bond donors (Lipinski definition) is 0. The average Bonchev–Trinajstić information content (AvgIpc) is 2.52. The van der Waals surface area contributed by atoms with Gasteiger partial charge >= 0.3 is 11.9 Å². The van der Waals surface area contributed by atoms with Crippen LogP contribution in [-0.4, -0.2) is 25.2 Å². The molecule has 0 saturated carbocycles. The molecule has 0 spiro atoms. The van der Waals surface area contributed by atoms with Crippen molar-refractivity contribution in [1.82, 2.24) is 0 Å². The molecule has 146 valence electrons. The largest absolute Gasteiger partial charge is 0.462 e. The SMILES string of the molecule is CC(C)CCOC(=O)c1ccc(C(C)(C)C)cc1C(=O)OCCC(C)C. The fraction of sp³-hybridized carbons (Fsp3) is 0.636. The second kappa shape index (κ2) is 9.75. The Balaban J connectivity index is 3.04. The summed E-state index contributed by atoms with van der Waals surface area (Å²) in [4.78, 5) is 25.0. The molecule has 0 N–H and O–H groups in total. The third kappa shape index (κ3) is 7.19. The summed E-state index contributed by atoms with van der Waals surface area (Å²) in [6.45, 7) is 15.2. The molecule has 0 radical (unpaired) electrons. The zero-order valence-electron chi connectivity index (χ0n) is 17.3. The molecule has 4 nitrogen and oxygen atoms in total. The standard InChI is InChI=1S/C22H34O4/c1-15(2)10-12-25-20(23)18-9-8-17(22(5,6)7)14-19(18)21(24)26-13-11-16(3)4/h8-9,14-16H,10-13H2,1-7H3. The first-order valence-electron chi connectivity index (χ1n) is 9.51. The molecule has 1 aromatic carbocycles. The van der Waals surface area contributed by atoms with Gasteiger partial charge in [0.15, 0.2) is 0 Å². The van der Waals surface area contributed by atoms with Gasteiger partial charge in [0.2, 0.25) is 0 Å². The van der Waals surface area contributed by atoms with E-state index in [4.69, 9.17) is 9.47 Å². The number of hydrogen-bond acceptors (Lipinski definition) is 4. The molecule has 0 amide bonds. The van der Waals surface area contributed by atoms with Crippen LogP contribution in [0.2, 0.25) is 0 Å². The highest BCUT2D eigenvalue weighted by Gasteiger charge is 2.23. The fourth-order valence-corrected chi connectivity index (χ4v) is 2.29. The van der Waals surface area contributed by atoms with Gasteiger partial charge in [0.05, 0.1) is 24.3 Å². The summed E-state index contributed by atoms with van der Waals surface area (Å²) in [5, 5.41) is 0. The number of carbonyl (C=O) groups excluding carboxylic acids is 2. The van der Waals surface area contributed by atoms with Crippen molar-refractivity contribution >= 4 is 11.9 Å². The molecule has 26 heavy (non-hydrogen) atoms. The molecular weight excluding hydrogens is 328 g/mol. The van der Waals surface area contributed by atoms with Crippen LogP contribution in [0.4, 0.5) is 0 Å². The van der Waals surface area contributed by atoms with Gasteiger partial charge in [-0.1, -0.05) is 54.5 Å². The highest BCUT2D eigenvalue weighted by molar-refractivity contribution is 6.03. The number of rotatable bonds is 8. The molecule has 0 aromatic heterocycles. The van der Waals surface area contributed by atoms with E-state index in [1.807, 2.05) is 6.07 Å². The Bertz CT molecular complexity index is 609. The van der Waals surface area contributed by atoms with Gasteiger partial charge < -0.3 is 9.47 Å². The third-order valence-electron chi connectivity index (χ3n) is 4.18. The lowest BCUT2D eigenvalue weighted by Gasteiger charge is -2.21. The van der Waals surface area contributed by atoms with Crippen molar-refractivity contribution in [2.45, 2.75) is 66.7 Å². The maximum atomic E-state index is 12.6. The molecule has 1 rings (SSSR count). The number of benzene rings is 1. The summed E-state index contributed by atoms with van der Waals surface area (Å²) in [5.41, 5.74) is 1.41. The van der Waals surface area contributed by atoms with Gasteiger partial charge in [0.1, 0.15) is 0 Å². The van der Waals surface area contributed by atoms with Gasteiger partial charge in [-0.25, -0.2) is 9.59 Å². The Morgan fingerprint density at radius 2 is 1.31 bits per heavy atom. The zero-order chi connectivity index (χ0) is 19.9. The minimum Gasteiger partial charge on any atom is -0.462 e. The monoisotopic (exact) mass is 362 g/mol. The van der Waals surface area contributed by atoms with E-state index < -0.39 is 11.9 Å². The average molecular weight is 363 g/mol. The van der Waals surface area contributed by atoms with Crippen LogP contribution >= 0.6 is 0 Å². The van der Waals surface area contributed by atoms with Crippen molar-refractivity contribution in [1.29, 1.82) is 0 Å². The number of esters is 2. The summed E-state index contributed by atoms with van der Waals surface area (Å²) < 4.78 is 10.7. The molecule has 0 fully saturated rings. The van der Waals surface area contributed by atoms with Gasteiger partial charge in [-0.2, -0.15) is 0 Å². The lowest BCUT2D eigenvalue weighted by atomic mass is 9.85. The van der Waals surface area contributed by atoms with Gasteiger partial charge in [0.25, 0.3) is 0 Å². The smallest absolute Gasteiger partial charge is 0.339 e. The van der Waals surface area contributed by atoms with Crippen molar-refractivity contribution < 1.29 is 19.1 Å². The second-order valence-corrected chi connectivity index (χ2v) is 8.65. The van der Waals surface area contributed by atoms with Gasteiger partial charge in [-0.3, -0.25) is 0 Å². The zero-order valence-corrected chi connectivity index (χ0v) is 17.3. The first kappa shape index (κ1) is 22.2. The summed E-state index contributed by atoms with van der Waals surface area (Å²) in [6.07, 6.45) is 1.58. The van der Waals surface area contributed by atoms with Gasteiger partial charge in [0, 0.05) is 0 Å². The summed E-state index contributed by atoms with van der Waals surface area (Å²) in [5.74, 6) is -0.0369. The van der Waals surface area contributed by atoms with E-state index in [1.54, 1.807) is 12.1 Å². The van der Waals surface area contributed by atoms with Crippen molar-refractivity contribution in [2.24, 2.45) is 11.8 Å². The topological polar surface area (TPSA) is 52.6 Å². The minimum atomic E-state index is -0.470. The van der Waals surface area contributed by atoms with Crippen LogP contribution < -0.4 is 0 Å². The Labute approximate surface area is 158 Å². The molecule has 0 aliphatic rings. The van der Waals surface area contributed by atoms with Crippen LogP contribution in [0, 0.1) is 11.8 Å². The maximum absolute atomic E-state index is 12.6. The van der Waals surface area contributed by atoms with E-state index in [9.17, 15) is 9.59 Å². The maximum Gasteiger partial charge on any atom is 0.339 e. The van der Waals surface area contributed by atoms with Crippen LogP contribution in [0.5, 0.6) is 0 Å². The predicted molar refractivity (Wildman–Crippen MR) is 105 cm³/mol. The summed E-state index contributed by atoms with van der Waals surface area (Å²) in [7, 11) is 0. The Morgan fingerprint density at radius 1 is 0.846 bits per heavy atom. The Kier molecular flexibility index (Phi) is 8.32. The number of carbonyl (C=O) groups is 2. The molecular formula is C22H34O4. The van der Waals surface area contributed by atoms with E-state index in [2.05, 4.69) is 48.5 Å². The lowest BCUT2D eigenvalue weighted by molar-refractivity contribution is 0.0440. The number of ether oxygens (including phenoxy) is 2. The minimum absolute atomic E-state index is 0.132. The summed E-state index contributed by atoms with van der Waals surface area (Å²) in [6, 6.07) is 5.32. The van der Waals surface area contributed by atoms with Crippen molar-refractivity contribution in [3.05, 3.63) is 34.9 Å². The van der Waals surface area contributed by atoms with Crippen molar-refractivity contribution in [3.8, 4) is 0 Å². The van der Waals surface area contributed by atoms with Crippen LogP contribution in [0.25, 0.3) is 0 Å². The van der Waals surface area contributed by atoms with Crippen LogP contribution in [0.15, 0.2) is 18.2 Å². The van der Waals surface area contributed by atoms with E-state index in [0.29, 0.717) is 25.0 Å². The molecule has 4 heteroatoms. The van der Waals surface area contributed by atoms with Gasteiger partial charge in [-0.05, 0) is 47.8 Å². The second-order valence-electron chi connectivity index (χ2n) is 8.65. The van der Waals surface area contributed by atoms with Crippen molar-refractivity contribution in [3.63, 3.8) is 0 Å². The summed E-state index contributed by atoms with van der Waals surface area (Å²) >= 11 is 0. The molecule has 0 unspecified atom stereocenters. The molecule has 0 atom stereocenters. The molecule has 0 aliphatic heterocycles. The lowest BCUT2D eigenvalue weighted by Crippen LogP contribution is -2.19. The quantitative estimate of drug-likeness (QED) is 0.582. The van der Waals surface area contributed by atoms with E-state index >= 15 is 0 Å². The normalized spacial score (nSPS) is 11.7. The van der Waals surface area contributed by atoms with Crippen LogP contribution in [0.3, 0.4) is 0 Å². The third-order valence-corrected chi connectivity index (χ3v) is 4.18. The Morgan fingerprint density at radius 3 is 1.73 bits per heavy atom. The highest BCUT2D eigenvalue weighted by Crippen LogP contribution is 2.26. The molecule has 0 saturated heterocycles. The van der Waals surface area contributed by atoms with Crippen LogP contribution in [0.1, 0.15) is 87.6 Å². The van der Waals surface area contributed by atoms with Crippen molar-refractivity contribution in [2.75, 3.05) is 13.2 Å². The predicted octanol–water partition coefficient (Wildman–Crippen LogP) is 5.39. The highest BCUT2D eigenvalue weighted by atomic mass is 16.5. The van der Waals surface area contributed by atoms with E-state index in [0.717, 1.165) is 18.4 Å². The van der Waals surface area contributed by atoms with E-state index in [-0.39, 0.29) is 16.5 Å².